The fourth-order valence-electron chi connectivity index (χ4n) is 5.82. The number of rotatable bonds is 8. The molecular formula is C32H42FN5. The number of fused-ring (bicyclic) bond motifs is 1. The number of halogens is 1. The highest BCUT2D eigenvalue weighted by molar-refractivity contribution is 6.15. The van der Waals surface area contributed by atoms with Crippen molar-refractivity contribution in [3.63, 3.8) is 0 Å². The summed E-state index contributed by atoms with van der Waals surface area (Å²) in [5.41, 5.74) is 14.2. The zero-order chi connectivity index (χ0) is 27.4. The number of piperidine rings is 1. The van der Waals surface area contributed by atoms with E-state index in [4.69, 9.17) is 11.1 Å². The average Bonchev–Trinajstić information content (AvgIpc) is 2.88. The fraction of sp³-hybridized carbons (Fsp3) is 0.406. The Bertz CT molecular complexity index is 1240. The topological polar surface area (TPSA) is 68.4 Å². The molecular weight excluding hydrogens is 473 g/mol. The Kier molecular flexibility index (Phi) is 8.72. The van der Waals surface area contributed by atoms with E-state index in [1.54, 1.807) is 12.2 Å². The number of nitrogen functional groups attached to an aromatic ring is 1. The summed E-state index contributed by atoms with van der Waals surface area (Å²) in [5, 5.41) is 12.3. The first-order valence-electron chi connectivity index (χ1n) is 13.7. The smallest absolute Gasteiger partial charge is 0.123 e. The number of likely N-dealkylation sites (tertiary alicyclic amines) is 1. The molecule has 202 valence electrons. The second-order valence-corrected chi connectivity index (χ2v) is 10.8. The molecule has 1 fully saturated rings. The largest absolute Gasteiger partial charge is 0.398 e. The number of benzene rings is 1. The molecule has 2 heterocycles. The van der Waals surface area contributed by atoms with E-state index in [-0.39, 0.29) is 11.9 Å². The SMILES string of the molecule is C=C/C=C(\C=C(C)C)C(=N)c1cc2c(cc1N)NC(=C)N([C@@H]1CCCN(CC3=C(CC)CCC=C3F)C1)C2. The predicted molar refractivity (Wildman–Crippen MR) is 159 cm³/mol. The number of hydrogen-bond donors (Lipinski definition) is 3. The summed E-state index contributed by atoms with van der Waals surface area (Å²) in [6, 6.07) is 4.23. The first-order chi connectivity index (χ1) is 18.2. The first-order valence-corrected chi connectivity index (χ1v) is 13.7. The van der Waals surface area contributed by atoms with Gasteiger partial charge in [0.25, 0.3) is 0 Å². The molecule has 1 aromatic carbocycles. The van der Waals surface area contributed by atoms with Crippen LogP contribution in [0.3, 0.4) is 0 Å². The lowest BCUT2D eigenvalue weighted by atomic mass is 9.93. The molecule has 4 rings (SSSR count). The van der Waals surface area contributed by atoms with Gasteiger partial charge >= 0.3 is 0 Å². The van der Waals surface area contributed by atoms with Crippen LogP contribution in [-0.2, 0) is 6.54 Å². The molecule has 1 saturated heterocycles. The summed E-state index contributed by atoms with van der Waals surface area (Å²) in [4.78, 5) is 4.73. The molecule has 4 N–H and O–H groups in total. The Morgan fingerprint density at radius 2 is 2.11 bits per heavy atom. The van der Waals surface area contributed by atoms with E-state index < -0.39 is 0 Å². The van der Waals surface area contributed by atoms with Crippen LogP contribution in [0.25, 0.3) is 0 Å². The molecule has 3 aliphatic rings. The molecule has 0 unspecified atom stereocenters. The third-order valence-corrected chi connectivity index (χ3v) is 7.76. The molecule has 1 aromatic rings. The number of allylic oxidation sites excluding steroid dienone is 7. The van der Waals surface area contributed by atoms with Crippen LogP contribution in [-0.4, -0.2) is 41.2 Å². The van der Waals surface area contributed by atoms with Gasteiger partial charge in [-0.1, -0.05) is 49.5 Å². The van der Waals surface area contributed by atoms with Crippen LogP contribution in [0, 0.1) is 5.41 Å². The van der Waals surface area contributed by atoms with E-state index >= 15 is 0 Å². The number of nitrogens with zero attached hydrogens (tertiary/aromatic N) is 2. The maximum Gasteiger partial charge on any atom is 0.123 e. The van der Waals surface area contributed by atoms with Crippen LogP contribution < -0.4 is 11.1 Å². The molecule has 0 amide bonds. The number of nitrogens with two attached hydrogens (primary N) is 1. The van der Waals surface area contributed by atoms with Gasteiger partial charge in [-0.2, -0.15) is 0 Å². The zero-order valence-corrected chi connectivity index (χ0v) is 23.2. The lowest BCUT2D eigenvalue weighted by Gasteiger charge is -2.44. The minimum atomic E-state index is -0.0289. The van der Waals surface area contributed by atoms with Gasteiger partial charge in [-0.05, 0) is 81.8 Å². The van der Waals surface area contributed by atoms with Crippen molar-refractivity contribution < 1.29 is 4.39 Å². The molecule has 38 heavy (non-hydrogen) atoms. The lowest BCUT2D eigenvalue weighted by Crippen LogP contribution is -2.49. The van der Waals surface area contributed by atoms with E-state index in [0.29, 0.717) is 30.1 Å². The van der Waals surface area contributed by atoms with E-state index in [0.717, 1.165) is 79.0 Å². The summed E-state index contributed by atoms with van der Waals surface area (Å²) < 4.78 is 14.7. The van der Waals surface area contributed by atoms with E-state index in [2.05, 4.69) is 35.2 Å². The standard InChI is InChI=1S/C32H42FN5/c1-6-10-24(15-21(3)4)32(35)27-16-25-18-38(22(5)36-31(25)17-30(27)34)26-12-9-14-37(19-26)20-28-23(7-2)11-8-13-29(28)33/h6,10,13,15-17,26,35-36H,1,5,7-9,11-12,14,18-20,34H2,2-4H3/b24-10+,35-32?/t26-/m1/s1. The zero-order valence-electron chi connectivity index (χ0n) is 23.2. The Balaban J connectivity index is 1.55. The maximum atomic E-state index is 14.7. The van der Waals surface area contributed by atoms with Gasteiger partial charge in [0, 0.05) is 48.2 Å². The monoisotopic (exact) mass is 515 g/mol. The quantitative estimate of drug-likeness (QED) is 0.194. The second-order valence-electron chi connectivity index (χ2n) is 10.8. The normalized spacial score (nSPS) is 20.5. The maximum absolute atomic E-state index is 14.7. The highest BCUT2D eigenvalue weighted by Crippen LogP contribution is 2.35. The molecule has 5 nitrogen and oxygen atoms in total. The van der Waals surface area contributed by atoms with Gasteiger partial charge < -0.3 is 16.0 Å². The number of hydrogen-bond acceptors (Lipinski definition) is 5. The van der Waals surface area contributed by atoms with Gasteiger partial charge in [0.1, 0.15) is 5.83 Å². The van der Waals surface area contributed by atoms with Crippen molar-refractivity contribution in [1.82, 2.24) is 9.80 Å². The van der Waals surface area contributed by atoms with E-state index in [1.165, 1.54) is 5.57 Å². The first kappa shape index (κ1) is 27.6. The van der Waals surface area contributed by atoms with Crippen molar-refractivity contribution in [2.45, 2.75) is 65.5 Å². The molecule has 0 bridgehead atoms. The van der Waals surface area contributed by atoms with Crippen molar-refractivity contribution in [2.24, 2.45) is 0 Å². The fourth-order valence-corrected chi connectivity index (χ4v) is 5.82. The molecule has 0 spiro atoms. The molecule has 0 saturated carbocycles. The minimum Gasteiger partial charge on any atom is -0.398 e. The van der Waals surface area contributed by atoms with Crippen molar-refractivity contribution in [2.75, 3.05) is 30.7 Å². The summed E-state index contributed by atoms with van der Waals surface area (Å²) in [5.74, 6) is 0.833. The molecule has 1 aliphatic carbocycles. The van der Waals surface area contributed by atoms with Crippen LogP contribution in [0.2, 0.25) is 0 Å². The number of nitrogens with one attached hydrogen (secondary N) is 2. The second kappa shape index (κ2) is 12.0. The molecule has 2 aliphatic heterocycles. The van der Waals surface area contributed by atoms with Crippen LogP contribution in [0.5, 0.6) is 0 Å². The van der Waals surface area contributed by atoms with Gasteiger partial charge in [-0.25, -0.2) is 4.39 Å². The summed E-state index contributed by atoms with van der Waals surface area (Å²) in [7, 11) is 0. The van der Waals surface area contributed by atoms with Gasteiger partial charge in [-0.3, -0.25) is 10.3 Å². The van der Waals surface area contributed by atoms with Crippen LogP contribution in [0.4, 0.5) is 15.8 Å². The predicted octanol–water partition coefficient (Wildman–Crippen LogP) is 7.23. The Hall–Kier alpha value is -3.38. The average molecular weight is 516 g/mol. The van der Waals surface area contributed by atoms with Crippen molar-refractivity contribution in [3.8, 4) is 0 Å². The highest BCUT2D eigenvalue weighted by atomic mass is 19.1. The van der Waals surface area contributed by atoms with Crippen LogP contribution >= 0.6 is 0 Å². The molecule has 1 atom stereocenters. The minimum absolute atomic E-state index is 0.0289. The third-order valence-electron chi connectivity index (χ3n) is 7.76. The van der Waals surface area contributed by atoms with E-state index in [9.17, 15) is 4.39 Å². The van der Waals surface area contributed by atoms with Crippen molar-refractivity contribution in [3.05, 3.63) is 94.7 Å². The third kappa shape index (κ3) is 6.02. The molecule has 6 heteroatoms. The van der Waals surface area contributed by atoms with Gasteiger partial charge in [-0.15, -0.1) is 0 Å². The highest BCUT2D eigenvalue weighted by Gasteiger charge is 2.31. The molecule has 0 radical (unpaired) electrons. The van der Waals surface area contributed by atoms with Crippen molar-refractivity contribution in [1.29, 1.82) is 5.41 Å². The van der Waals surface area contributed by atoms with Crippen LogP contribution in [0.15, 0.2) is 83.5 Å². The van der Waals surface area contributed by atoms with Crippen LogP contribution in [0.1, 0.15) is 64.0 Å². The summed E-state index contributed by atoms with van der Waals surface area (Å²) in [6.45, 7) is 17.5. The Morgan fingerprint density at radius 1 is 1.32 bits per heavy atom. The van der Waals surface area contributed by atoms with Gasteiger partial charge in [0.05, 0.1) is 11.5 Å². The van der Waals surface area contributed by atoms with Gasteiger partial charge in [0.2, 0.25) is 0 Å². The lowest BCUT2D eigenvalue weighted by molar-refractivity contribution is 0.122. The molecule has 0 aromatic heterocycles. The Morgan fingerprint density at radius 3 is 2.82 bits per heavy atom. The van der Waals surface area contributed by atoms with Gasteiger partial charge in [0.15, 0.2) is 0 Å². The number of anilines is 2. The Labute approximate surface area is 227 Å². The van der Waals surface area contributed by atoms with Crippen molar-refractivity contribution >= 4 is 17.1 Å². The summed E-state index contributed by atoms with van der Waals surface area (Å²) in [6.07, 6.45) is 12.1. The van der Waals surface area contributed by atoms with E-state index in [1.807, 2.05) is 38.1 Å². The summed E-state index contributed by atoms with van der Waals surface area (Å²) >= 11 is 0.